The number of carboxylic acid groups (broad SMARTS) is 1. The molecule has 2 aliphatic rings. The van der Waals surface area contributed by atoms with Crippen molar-refractivity contribution in [2.45, 2.75) is 24.6 Å². The van der Waals surface area contributed by atoms with Crippen LogP contribution >= 0.6 is 11.3 Å². The summed E-state index contributed by atoms with van der Waals surface area (Å²) in [5.74, 6) is -1.80. The summed E-state index contributed by atoms with van der Waals surface area (Å²) in [6, 6.07) is 14.1. The van der Waals surface area contributed by atoms with Crippen molar-refractivity contribution in [2.24, 2.45) is 0 Å². The van der Waals surface area contributed by atoms with Crippen molar-refractivity contribution in [2.75, 3.05) is 31.6 Å². The molecule has 2 aliphatic heterocycles. The molecule has 36 heavy (non-hydrogen) atoms. The Hall–Kier alpha value is -3.44. The van der Waals surface area contributed by atoms with Gasteiger partial charge >= 0.3 is 12.1 Å². The minimum Gasteiger partial charge on any atom is -0.497 e. The maximum atomic E-state index is 13.1. The Bertz CT molecular complexity index is 1220. The smallest absolute Gasteiger partial charge is 0.490 e. The number of carbonyl (C=O) groups is 2. The normalized spacial score (nSPS) is 19.1. The van der Waals surface area contributed by atoms with E-state index in [1.165, 1.54) is 5.56 Å². The van der Waals surface area contributed by atoms with Gasteiger partial charge in [-0.15, -0.1) is 0 Å². The number of nitrogens with zero attached hydrogens (tertiary/aromatic N) is 3. The summed E-state index contributed by atoms with van der Waals surface area (Å²) in [5.41, 5.74) is 3.98. The minimum atomic E-state index is -5.08. The van der Waals surface area contributed by atoms with Crippen LogP contribution in [0.2, 0.25) is 0 Å². The summed E-state index contributed by atoms with van der Waals surface area (Å²) in [4.78, 5) is 31.2. The van der Waals surface area contributed by atoms with Crippen LogP contribution in [0.25, 0.3) is 0 Å². The lowest BCUT2D eigenvalue weighted by Crippen LogP contribution is -2.39. The third kappa shape index (κ3) is 5.36. The first-order valence-corrected chi connectivity index (χ1v) is 12.0. The van der Waals surface area contributed by atoms with Crippen LogP contribution in [0.3, 0.4) is 0 Å². The molecule has 0 aliphatic carbocycles. The highest BCUT2D eigenvalue weighted by Crippen LogP contribution is 2.45. The van der Waals surface area contributed by atoms with Gasteiger partial charge in [-0.1, -0.05) is 12.1 Å². The molecule has 1 aromatic carbocycles. The number of carbonyl (C=O) groups excluding carboxylic acids is 1. The Morgan fingerprint density at radius 2 is 1.89 bits per heavy atom. The summed E-state index contributed by atoms with van der Waals surface area (Å²) in [7, 11) is 1.69. The van der Waals surface area contributed by atoms with E-state index < -0.39 is 12.1 Å². The maximum absolute atomic E-state index is 13.1. The Labute approximate surface area is 209 Å². The Kier molecular flexibility index (Phi) is 7.32. The van der Waals surface area contributed by atoms with Gasteiger partial charge in [-0.25, -0.2) is 4.79 Å². The fourth-order valence-electron chi connectivity index (χ4n) is 4.61. The number of likely N-dealkylation sites (tertiary alicyclic amines) is 1. The fraction of sp³-hybridized carbons (Fsp3) is 0.320. The number of aromatic nitrogens is 1. The molecule has 1 atom stereocenters. The highest BCUT2D eigenvalue weighted by molar-refractivity contribution is 7.08. The van der Waals surface area contributed by atoms with E-state index >= 15 is 0 Å². The summed E-state index contributed by atoms with van der Waals surface area (Å²) in [6.45, 7) is 3.51. The molecule has 1 N–H and O–H groups in total. The molecular weight excluding hydrogens is 495 g/mol. The van der Waals surface area contributed by atoms with Gasteiger partial charge in [0.15, 0.2) is 0 Å². The third-order valence-electron chi connectivity index (χ3n) is 6.29. The number of halogens is 3. The van der Waals surface area contributed by atoms with Crippen molar-refractivity contribution in [3.8, 4) is 5.75 Å². The van der Waals surface area contributed by atoms with Crippen molar-refractivity contribution < 1.29 is 32.6 Å². The topological polar surface area (TPSA) is 83.0 Å². The molecule has 1 fully saturated rings. The van der Waals surface area contributed by atoms with Crippen molar-refractivity contribution in [1.29, 1.82) is 0 Å². The first kappa shape index (κ1) is 25.6. The van der Waals surface area contributed by atoms with Crippen LogP contribution in [0, 0.1) is 0 Å². The van der Waals surface area contributed by atoms with E-state index in [0.717, 1.165) is 48.7 Å². The zero-order chi connectivity index (χ0) is 25.9. The molecule has 4 heterocycles. The van der Waals surface area contributed by atoms with Gasteiger partial charge in [-0.2, -0.15) is 24.5 Å². The zero-order valence-electron chi connectivity index (χ0n) is 19.4. The number of carboxylic acids is 1. The molecule has 1 unspecified atom stereocenters. The van der Waals surface area contributed by atoms with Crippen molar-refractivity contribution in [1.82, 2.24) is 9.88 Å². The fourth-order valence-corrected chi connectivity index (χ4v) is 5.24. The molecule has 1 spiro atoms. The summed E-state index contributed by atoms with van der Waals surface area (Å²) >= 11 is 1.56. The molecule has 0 bridgehead atoms. The first-order valence-electron chi connectivity index (χ1n) is 11.1. The third-order valence-corrected chi connectivity index (χ3v) is 6.98. The average molecular weight is 520 g/mol. The van der Waals surface area contributed by atoms with E-state index in [0.29, 0.717) is 6.54 Å². The first-order chi connectivity index (χ1) is 17.1. The Morgan fingerprint density at radius 1 is 1.17 bits per heavy atom. The summed E-state index contributed by atoms with van der Waals surface area (Å²) in [6.07, 6.45) is -2.22. The minimum absolute atomic E-state index is 0.0750. The van der Waals surface area contributed by atoms with Gasteiger partial charge in [0.2, 0.25) is 0 Å². The predicted octanol–water partition coefficient (Wildman–Crippen LogP) is 4.59. The molecule has 7 nitrogen and oxygen atoms in total. The Morgan fingerprint density at radius 3 is 2.50 bits per heavy atom. The van der Waals surface area contributed by atoms with Crippen LogP contribution in [0.5, 0.6) is 5.75 Å². The quantitative estimate of drug-likeness (QED) is 0.543. The van der Waals surface area contributed by atoms with Crippen LogP contribution in [0.4, 0.5) is 18.9 Å². The highest BCUT2D eigenvalue weighted by atomic mass is 32.1. The number of alkyl halides is 3. The lowest BCUT2D eigenvalue weighted by atomic mass is 9.85. The van der Waals surface area contributed by atoms with E-state index in [-0.39, 0.29) is 11.3 Å². The molecule has 11 heteroatoms. The summed E-state index contributed by atoms with van der Waals surface area (Å²) < 4.78 is 37.0. The number of thiophene rings is 1. The van der Waals surface area contributed by atoms with Gasteiger partial charge < -0.3 is 14.7 Å². The second-order valence-corrected chi connectivity index (χ2v) is 9.45. The van der Waals surface area contributed by atoms with Crippen LogP contribution < -0.4 is 9.64 Å². The second kappa shape index (κ2) is 10.3. The molecule has 0 radical (unpaired) electrons. The Balaban J connectivity index is 0.000000384. The zero-order valence-corrected chi connectivity index (χ0v) is 20.2. The molecular formula is C25H24F3N3O4S. The van der Waals surface area contributed by atoms with Crippen molar-refractivity contribution in [3.63, 3.8) is 0 Å². The van der Waals surface area contributed by atoms with E-state index in [1.807, 2.05) is 52.2 Å². The molecule has 2 aromatic heterocycles. The molecule has 5 rings (SSSR count). The lowest BCUT2D eigenvalue weighted by Gasteiger charge is -2.25. The van der Waals surface area contributed by atoms with Gasteiger partial charge in [0.1, 0.15) is 5.75 Å². The summed E-state index contributed by atoms with van der Waals surface area (Å²) in [5, 5.41) is 11.0. The van der Waals surface area contributed by atoms with Crippen molar-refractivity contribution >= 4 is 28.9 Å². The van der Waals surface area contributed by atoms with Crippen LogP contribution in [-0.4, -0.2) is 59.8 Å². The standard InChI is InChI=1S/C23H23N3O2S.C2HF3O2/c1-28-19-6-4-17(5-7-19)13-25-11-9-23(15-25)16-26(20-3-2-10-24-21(20)23)22(27)18-8-12-29-14-18;3-2(4,5)1(6)7/h2-8,10,12,14H,9,11,13,15-16H2,1H3;(H,6,7). The van der Waals surface area contributed by atoms with E-state index in [1.54, 1.807) is 18.4 Å². The van der Waals surface area contributed by atoms with Gasteiger partial charge in [0.05, 0.1) is 24.1 Å². The monoisotopic (exact) mass is 519 g/mol. The second-order valence-electron chi connectivity index (χ2n) is 8.67. The van der Waals surface area contributed by atoms with E-state index in [4.69, 9.17) is 19.6 Å². The van der Waals surface area contributed by atoms with E-state index in [2.05, 4.69) is 17.0 Å². The van der Waals surface area contributed by atoms with Gasteiger partial charge in [0.25, 0.3) is 5.91 Å². The average Bonchev–Trinajstić information content (AvgIpc) is 3.60. The number of amides is 1. The number of rotatable bonds is 4. The number of methoxy groups -OCH3 is 1. The lowest BCUT2D eigenvalue weighted by molar-refractivity contribution is -0.192. The maximum Gasteiger partial charge on any atom is 0.490 e. The van der Waals surface area contributed by atoms with Crippen LogP contribution in [0.15, 0.2) is 59.4 Å². The number of hydrogen-bond acceptors (Lipinski definition) is 6. The number of ether oxygens (including phenoxy) is 1. The van der Waals surface area contributed by atoms with Gasteiger partial charge in [-0.05, 0) is 54.2 Å². The number of hydrogen-bond donors (Lipinski definition) is 1. The predicted molar refractivity (Wildman–Crippen MR) is 128 cm³/mol. The van der Waals surface area contributed by atoms with Crippen LogP contribution in [0.1, 0.15) is 28.0 Å². The number of benzene rings is 1. The largest absolute Gasteiger partial charge is 0.497 e. The SMILES string of the molecule is COc1ccc(CN2CCC3(C2)CN(C(=O)c2ccsc2)c2cccnc23)cc1.O=C(O)C(F)(F)F. The molecule has 190 valence electrons. The van der Waals surface area contributed by atoms with Gasteiger partial charge in [-0.3, -0.25) is 14.7 Å². The number of anilines is 1. The van der Waals surface area contributed by atoms with E-state index in [9.17, 15) is 18.0 Å². The molecule has 0 saturated carbocycles. The van der Waals surface area contributed by atoms with Crippen molar-refractivity contribution in [3.05, 3.63) is 76.2 Å². The van der Waals surface area contributed by atoms with Crippen LogP contribution in [-0.2, 0) is 16.8 Å². The number of fused-ring (bicyclic) bond motifs is 2. The van der Waals surface area contributed by atoms with Gasteiger partial charge in [0, 0.05) is 36.6 Å². The number of aliphatic carboxylic acids is 1. The molecule has 3 aromatic rings. The molecule has 1 saturated heterocycles. The highest BCUT2D eigenvalue weighted by Gasteiger charge is 2.50. The molecule has 1 amide bonds. The number of pyridine rings is 1.